The Kier molecular flexibility index (Phi) is 6.71. The highest BCUT2D eigenvalue weighted by Crippen LogP contribution is 2.34. The summed E-state index contributed by atoms with van der Waals surface area (Å²) in [6.45, 7) is 7.96. The van der Waals surface area contributed by atoms with Crippen LogP contribution < -0.4 is 10.3 Å². The van der Waals surface area contributed by atoms with Gasteiger partial charge in [0.2, 0.25) is 0 Å². The van der Waals surface area contributed by atoms with E-state index in [4.69, 9.17) is 39.5 Å². The number of thioether (sulfide) groups is 1. The van der Waals surface area contributed by atoms with E-state index in [0.29, 0.717) is 33.0 Å². The van der Waals surface area contributed by atoms with Crippen molar-refractivity contribution in [3.05, 3.63) is 49.3 Å². The fourth-order valence-electron chi connectivity index (χ4n) is 2.12. The number of hydrogen-bond acceptors (Lipinski definition) is 4. The monoisotopic (exact) mass is 420 g/mol. The van der Waals surface area contributed by atoms with Crippen LogP contribution in [0.2, 0.25) is 15.1 Å². The van der Waals surface area contributed by atoms with Gasteiger partial charge in [0.15, 0.2) is 5.75 Å². The van der Waals surface area contributed by atoms with E-state index in [1.807, 2.05) is 27.7 Å². The molecule has 0 amide bonds. The SMILES string of the molecule is Cc1cc(Cl)c(OCCSc2cnn(C(C)(C)C)c(=O)c2Cl)c(Cl)c1. The molecule has 0 aliphatic carbocycles. The number of aryl methyl sites for hydroxylation is 1. The molecule has 0 saturated heterocycles. The molecule has 8 heteroatoms. The lowest BCUT2D eigenvalue weighted by atomic mass is 10.1. The van der Waals surface area contributed by atoms with Gasteiger partial charge in [0, 0.05) is 5.75 Å². The molecule has 0 radical (unpaired) electrons. The highest BCUT2D eigenvalue weighted by Gasteiger charge is 2.19. The van der Waals surface area contributed by atoms with Gasteiger partial charge in [-0.3, -0.25) is 4.79 Å². The van der Waals surface area contributed by atoms with Crippen molar-refractivity contribution < 1.29 is 4.74 Å². The zero-order valence-corrected chi connectivity index (χ0v) is 17.5. The van der Waals surface area contributed by atoms with Gasteiger partial charge in [-0.25, -0.2) is 4.68 Å². The minimum absolute atomic E-state index is 0.168. The van der Waals surface area contributed by atoms with Crippen LogP contribution in [-0.4, -0.2) is 22.1 Å². The number of benzene rings is 1. The molecule has 1 aromatic carbocycles. The molecule has 0 N–H and O–H groups in total. The topological polar surface area (TPSA) is 44.1 Å². The summed E-state index contributed by atoms with van der Waals surface area (Å²) >= 11 is 19.9. The van der Waals surface area contributed by atoms with Crippen LogP contribution in [0.1, 0.15) is 26.3 Å². The van der Waals surface area contributed by atoms with Crippen molar-refractivity contribution in [3.63, 3.8) is 0 Å². The average molecular weight is 422 g/mol. The van der Waals surface area contributed by atoms with E-state index in [2.05, 4.69) is 5.10 Å². The Balaban J connectivity index is 2.02. The van der Waals surface area contributed by atoms with Gasteiger partial charge in [-0.2, -0.15) is 5.10 Å². The van der Waals surface area contributed by atoms with E-state index in [1.54, 1.807) is 18.3 Å². The van der Waals surface area contributed by atoms with Crippen LogP contribution in [0, 0.1) is 6.92 Å². The Morgan fingerprint density at radius 3 is 2.36 bits per heavy atom. The predicted molar refractivity (Wildman–Crippen MR) is 106 cm³/mol. The third-order valence-electron chi connectivity index (χ3n) is 3.25. The van der Waals surface area contributed by atoms with Crippen LogP contribution in [0.5, 0.6) is 5.75 Å². The second-order valence-corrected chi connectivity index (χ2v) is 8.79. The molecule has 25 heavy (non-hydrogen) atoms. The number of halogens is 3. The minimum atomic E-state index is -0.425. The van der Waals surface area contributed by atoms with Gasteiger partial charge in [-0.05, 0) is 45.4 Å². The van der Waals surface area contributed by atoms with Gasteiger partial charge < -0.3 is 4.74 Å². The molecular formula is C17H19Cl3N2O2S. The van der Waals surface area contributed by atoms with E-state index >= 15 is 0 Å². The Bertz CT molecular complexity index is 809. The van der Waals surface area contributed by atoms with E-state index in [0.717, 1.165) is 5.56 Å². The highest BCUT2D eigenvalue weighted by molar-refractivity contribution is 7.99. The molecule has 2 rings (SSSR count). The maximum Gasteiger partial charge on any atom is 0.287 e. The molecule has 0 unspecified atom stereocenters. The largest absolute Gasteiger partial charge is 0.490 e. The fraction of sp³-hybridized carbons (Fsp3) is 0.412. The Morgan fingerprint density at radius 2 is 1.80 bits per heavy atom. The van der Waals surface area contributed by atoms with Gasteiger partial charge in [0.25, 0.3) is 5.56 Å². The standard InChI is InChI=1S/C17H19Cl3N2O2S/c1-10-7-11(18)15(12(19)8-10)24-5-6-25-13-9-21-22(17(2,3)4)16(23)14(13)20/h7-9H,5-6H2,1-4H3. The van der Waals surface area contributed by atoms with E-state index in [-0.39, 0.29) is 10.6 Å². The van der Waals surface area contributed by atoms with Gasteiger partial charge in [-0.1, -0.05) is 34.8 Å². The van der Waals surface area contributed by atoms with Crippen molar-refractivity contribution in [2.75, 3.05) is 12.4 Å². The van der Waals surface area contributed by atoms with Gasteiger partial charge >= 0.3 is 0 Å². The third kappa shape index (κ3) is 5.07. The predicted octanol–water partition coefficient (Wildman–Crippen LogP) is 5.44. The zero-order valence-electron chi connectivity index (χ0n) is 14.4. The molecule has 0 atom stereocenters. The molecule has 0 spiro atoms. The molecule has 2 aromatic rings. The first kappa shape index (κ1) is 20.4. The maximum absolute atomic E-state index is 12.3. The summed E-state index contributed by atoms with van der Waals surface area (Å²) in [5.74, 6) is 1.03. The van der Waals surface area contributed by atoms with Crippen LogP contribution in [0.3, 0.4) is 0 Å². The first-order valence-electron chi connectivity index (χ1n) is 7.61. The van der Waals surface area contributed by atoms with E-state index in [1.165, 1.54) is 16.4 Å². The van der Waals surface area contributed by atoms with Crippen molar-refractivity contribution in [2.45, 2.75) is 38.1 Å². The van der Waals surface area contributed by atoms with E-state index in [9.17, 15) is 4.79 Å². The lowest BCUT2D eigenvalue weighted by molar-refractivity contribution is 0.336. The van der Waals surface area contributed by atoms with Crippen LogP contribution in [0.25, 0.3) is 0 Å². The molecule has 0 aliphatic heterocycles. The van der Waals surface area contributed by atoms with Crippen LogP contribution in [0.4, 0.5) is 0 Å². The molecule has 136 valence electrons. The summed E-state index contributed by atoms with van der Waals surface area (Å²) in [7, 11) is 0. The summed E-state index contributed by atoms with van der Waals surface area (Å²) in [6.07, 6.45) is 1.60. The zero-order chi connectivity index (χ0) is 18.8. The second kappa shape index (κ2) is 8.21. The summed E-state index contributed by atoms with van der Waals surface area (Å²) in [4.78, 5) is 12.9. The van der Waals surface area contributed by atoms with Crippen molar-refractivity contribution in [3.8, 4) is 5.75 Å². The number of nitrogens with zero attached hydrogens (tertiary/aromatic N) is 2. The van der Waals surface area contributed by atoms with Crippen molar-refractivity contribution in [1.82, 2.24) is 9.78 Å². The smallest absolute Gasteiger partial charge is 0.287 e. The maximum atomic E-state index is 12.3. The van der Waals surface area contributed by atoms with Gasteiger partial charge in [0.1, 0.15) is 5.02 Å². The molecule has 0 fully saturated rings. The lowest BCUT2D eigenvalue weighted by Crippen LogP contribution is -2.36. The van der Waals surface area contributed by atoms with Crippen LogP contribution in [-0.2, 0) is 5.54 Å². The fourth-order valence-corrected chi connectivity index (χ4v) is 3.84. The molecule has 1 aromatic heterocycles. The summed E-state index contributed by atoms with van der Waals surface area (Å²) in [5, 5.41) is 5.32. The van der Waals surface area contributed by atoms with Crippen molar-refractivity contribution >= 4 is 46.6 Å². The van der Waals surface area contributed by atoms with Crippen molar-refractivity contribution in [2.24, 2.45) is 0 Å². The molecule has 0 saturated carbocycles. The van der Waals surface area contributed by atoms with Gasteiger partial charge in [0.05, 0.1) is 33.3 Å². The summed E-state index contributed by atoms with van der Waals surface area (Å²) < 4.78 is 7.04. The number of aromatic nitrogens is 2. The van der Waals surface area contributed by atoms with Crippen LogP contribution in [0.15, 0.2) is 28.0 Å². The third-order valence-corrected chi connectivity index (χ3v) is 5.28. The average Bonchev–Trinajstić information content (AvgIpc) is 2.48. The lowest BCUT2D eigenvalue weighted by Gasteiger charge is -2.21. The molecule has 0 aliphatic rings. The number of rotatable bonds is 5. The normalized spacial score (nSPS) is 11.6. The van der Waals surface area contributed by atoms with E-state index < -0.39 is 5.54 Å². The second-order valence-electron chi connectivity index (χ2n) is 6.47. The summed E-state index contributed by atoms with van der Waals surface area (Å²) in [5.41, 5.74) is 0.241. The van der Waals surface area contributed by atoms with Crippen molar-refractivity contribution in [1.29, 1.82) is 0 Å². The molecule has 0 bridgehead atoms. The number of ether oxygens (including phenoxy) is 1. The molecule has 1 heterocycles. The Morgan fingerprint density at radius 1 is 1.20 bits per heavy atom. The summed E-state index contributed by atoms with van der Waals surface area (Å²) in [6, 6.07) is 3.59. The quantitative estimate of drug-likeness (QED) is 0.476. The number of hydrogen-bond donors (Lipinski definition) is 0. The van der Waals surface area contributed by atoms with Crippen LogP contribution >= 0.6 is 46.6 Å². The Labute approximate surface area is 166 Å². The first-order chi connectivity index (χ1) is 11.6. The Hall–Kier alpha value is -0.880. The highest BCUT2D eigenvalue weighted by atomic mass is 35.5. The van der Waals surface area contributed by atoms with Gasteiger partial charge in [-0.15, -0.1) is 11.8 Å². The molecule has 4 nitrogen and oxygen atoms in total. The minimum Gasteiger partial charge on any atom is -0.490 e. The first-order valence-corrected chi connectivity index (χ1v) is 9.72. The molecular weight excluding hydrogens is 403 g/mol.